The number of ether oxygens (including phenoxy) is 1. The molecule has 2 aromatic carbocycles. The van der Waals surface area contributed by atoms with Crippen LogP contribution < -0.4 is 4.74 Å². The van der Waals surface area contributed by atoms with Crippen molar-refractivity contribution >= 4 is 10.0 Å². The van der Waals surface area contributed by atoms with E-state index < -0.39 is 10.0 Å². The maximum atomic E-state index is 14.1. The normalized spacial score (nSPS) is 23.5. The monoisotopic (exact) mass is 418 g/mol. The van der Waals surface area contributed by atoms with Crippen molar-refractivity contribution < 1.29 is 17.5 Å². The molecule has 0 amide bonds. The third-order valence-corrected chi connectivity index (χ3v) is 8.09. The van der Waals surface area contributed by atoms with E-state index in [1.165, 1.54) is 13.2 Å². The lowest BCUT2D eigenvalue weighted by Gasteiger charge is -2.45. The van der Waals surface area contributed by atoms with E-state index in [9.17, 15) is 12.8 Å². The van der Waals surface area contributed by atoms with Crippen molar-refractivity contribution in [2.24, 2.45) is 0 Å². The van der Waals surface area contributed by atoms with Crippen LogP contribution in [0, 0.1) is 5.82 Å². The molecule has 1 atom stereocenters. The van der Waals surface area contributed by atoms with Crippen molar-refractivity contribution in [1.82, 2.24) is 9.21 Å². The summed E-state index contributed by atoms with van der Waals surface area (Å²) in [6, 6.07) is 13.7. The summed E-state index contributed by atoms with van der Waals surface area (Å²) < 4.78 is 47.1. The minimum absolute atomic E-state index is 0.184. The van der Waals surface area contributed by atoms with Crippen LogP contribution >= 0.6 is 0 Å². The van der Waals surface area contributed by atoms with Gasteiger partial charge in [-0.2, -0.15) is 4.31 Å². The minimum Gasteiger partial charge on any atom is -0.494 e. The first-order valence-electron chi connectivity index (χ1n) is 10.1. The van der Waals surface area contributed by atoms with Gasteiger partial charge in [-0.3, -0.25) is 4.90 Å². The van der Waals surface area contributed by atoms with Crippen LogP contribution in [0.5, 0.6) is 5.75 Å². The zero-order chi connectivity index (χ0) is 20.5. The summed E-state index contributed by atoms with van der Waals surface area (Å²) in [6.45, 7) is 2.54. The topological polar surface area (TPSA) is 49.9 Å². The molecule has 2 fully saturated rings. The SMILES string of the molecule is COc1ccc(CN2CCCC23CCCN(S(=O)(=O)c2ccccc2)C3)cc1F. The summed E-state index contributed by atoms with van der Waals surface area (Å²) in [5.41, 5.74) is 0.698. The molecule has 2 saturated heterocycles. The third-order valence-electron chi connectivity index (χ3n) is 6.23. The molecule has 2 heterocycles. The van der Waals surface area contributed by atoms with E-state index in [2.05, 4.69) is 4.90 Å². The van der Waals surface area contributed by atoms with E-state index in [4.69, 9.17) is 4.74 Å². The van der Waals surface area contributed by atoms with Crippen LogP contribution in [0.4, 0.5) is 4.39 Å². The second-order valence-corrected chi connectivity index (χ2v) is 9.91. The molecule has 1 spiro atoms. The Hall–Kier alpha value is -1.96. The fourth-order valence-electron chi connectivity index (χ4n) is 4.75. The molecule has 0 radical (unpaired) electrons. The van der Waals surface area contributed by atoms with Gasteiger partial charge in [0.25, 0.3) is 0 Å². The molecule has 0 aromatic heterocycles. The molecule has 156 valence electrons. The van der Waals surface area contributed by atoms with Gasteiger partial charge in [0.2, 0.25) is 10.0 Å². The number of methoxy groups -OCH3 is 1. The van der Waals surface area contributed by atoms with Crippen molar-refractivity contribution in [3.8, 4) is 5.75 Å². The summed E-state index contributed by atoms with van der Waals surface area (Å²) in [4.78, 5) is 2.69. The van der Waals surface area contributed by atoms with Crippen molar-refractivity contribution in [3.63, 3.8) is 0 Å². The van der Waals surface area contributed by atoms with E-state index in [-0.39, 0.29) is 17.1 Å². The quantitative estimate of drug-likeness (QED) is 0.744. The van der Waals surface area contributed by atoms with Gasteiger partial charge in [-0.25, -0.2) is 12.8 Å². The van der Waals surface area contributed by atoms with Crippen molar-refractivity contribution in [3.05, 3.63) is 59.9 Å². The number of halogens is 1. The molecular formula is C22H27FN2O3S. The molecule has 0 bridgehead atoms. The predicted molar refractivity (Wildman–Crippen MR) is 110 cm³/mol. The average molecular weight is 419 g/mol. The molecular weight excluding hydrogens is 391 g/mol. The van der Waals surface area contributed by atoms with Crippen LogP contribution in [0.25, 0.3) is 0 Å². The molecule has 0 N–H and O–H groups in total. The largest absolute Gasteiger partial charge is 0.494 e. The second-order valence-electron chi connectivity index (χ2n) is 7.97. The molecule has 2 aliphatic rings. The van der Waals surface area contributed by atoms with E-state index >= 15 is 0 Å². The smallest absolute Gasteiger partial charge is 0.243 e. The van der Waals surface area contributed by atoms with Crippen LogP contribution in [0.15, 0.2) is 53.4 Å². The zero-order valence-electron chi connectivity index (χ0n) is 16.7. The number of nitrogens with zero attached hydrogens (tertiary/aromatic N) is 2. The predicted octanol–water partition coefficient (Wildman–Crippen LogP) is 3.65. The zero-order valence-corrected chi connectivity index (χ0v) is 17.5. The highest BCUT2D eigenvalue weighted by atomic mass is 32.2. The van der Waals surface area contributed by atoms with Gasteiger partial charge in [-0.05, 0) is 62.1 Å². The summed E-state index contributed by atoms with van der Waals surface area (Å²) >= 11 is 0. The standard InChI is InChI=1S/C22H27FN2O3S/c1-28-21-10-9-18(15-20(21)23)16-24-13-5-11-22(24)12-6-14-25(17-22)29(26,27)19-7-3-2-4-8-19/h2-4,7-10,15H,5-6,11-14,16-17H2,1H3. The van der Waals surface area contributed by atoms with Crippen molar-refractivity contribution in [2.45, 2.75) is 42.7 Å². The lowest BCUT2D eigenvalue weighted by Crippen LogP contribution is -2.56. The third kappa shape index (κ3) is 3.91. The molecule has 0 saturated carbocycles. The number of benzene rings is 2. The Labute approximate surface area is 172 Å². The Balaban J connectivity index is 1.55. The number of likely N-dealkylation sites (tertiary alicyclic amines) is 1. The Morgan fingerprint density at radius 2 is 1.79 bits per heavy atom. The Kier molecular flexibility index (Phi) is 5.64. The summed E-state index contributed by atoms with van der Waals surface area (Å²) in [5.74, 6) is -0.127. The Morgan fingerprint density at radius 1 is 1.07 bits per heavy atom. The highest BCUT2D eigenvalue weighted by Gasteiger charge is 2.46. The van der Waals surface area contributed by atoms with Crippen LogP contribution in [-0.2, 0) is 16.6 Å². The highest BCUT2D eigenvalue weighted by molar-refractivity contribution is 7.89. The maximum Gasteiger partial charge on any atom is 0.243 e. The highest BCUT2D eigenvalue weighted by Crippen LogP contribution is 2.39. The first-order valence-corrected chi connectivity index (χ1v) is 11.5. The lowest BCUT2D eigenvalue weighted by molar-refractivity contribution is 0.0678. The minimum atomic E-state index is -3.51. The molecule has 5 nitrogen and oxygen atoms in total. The lowest BCUT2D eigenvalue weighted by atomic mass is 9.87. The number of sulfonamides is 1. The molecule has 2 aliphatic heterocycles. The van der Waals surface area contributed by atoms with Crippen LogP contribution in [0.3, 0.4) is 0 Å². The number of hydrogen-bond acceptors (Lipinski definition) is 4. The van der Waals surface area contributed by atoms with Gasteiger partial charge >= 0.3 is 0 Å². The first-order chi connectivity index (χ1) is 13.9. The Morgan fingerprint density at radius 3 is 2.48 bits per heavy atom. The van der Waals surface area contributed by atoms with Crippen LogP contribution in [0.1, 0.15) is 31.2 Å². The van der Waals surface area contributed by atoms with Gasteiger partial charge in [0, 0.05) is 25.2 Å². The van der Waals surface area contributed by atoms with Crippen molar-refractivity contribution in [2.75, 3.05) is 26.7 Å². The summed E-state index contributed by atoms with van der Waals surface area (Å²) in [7, 11) is -2.05. The van der Waals surface area contributed by atoms with Gasteiger partial charge in [0.1, 0.15) is 0 Å². The average Bonchev–Trinajstić information content (AvgIpc) is 3.10. The van der Waals surface area contributed by atoms with Gasteiger partial charge < -0.3 is 4.74 Å². The molecule has 4 rings (SSSR count). The van der Waals surface area contributed by atoms with Gasteiger partial charge in [-0.15, -0.1) is 0 Å². The molecule has 2 aromatic rings. The fraction of sp³-hybridized carbons (Fsp3) is 0.455. The van der Waals surface area contributed by atoms with E-state index in [1.54, 1.807) is 34.6 Å². The maximum absolute atomic E-state index is 14.1. The Bertz CT molecular complexity index is 967. The summed E-state index contributed by atoms with van der Waals surface area (Å²) in [5, 5.41) is 0. The molecule has 1 unspecified atom stereocenters. The molecule has 0 aliphatic carbocycles. The number of piperidine rings is 1. The molecule has 29 heavy (non-hydrogen) atoms. The number of hydrogen-bond donors (Lipinski definition) is 0. The van der Waals surface area contributed by atoms with E-state index in [0.29, 0.717) is 24.5 Å². The number of rotatable bonds is 5. The van der Waals surface area contributed by atoms with Gasteiger partial charge in [0.05, 0.1) is 12.0 Å². The van der Waals surface area contributed by atoms with Gasteiger partial charge in [-0.1, -0.05) is 24.3 Å². The van der Waals surface area contributed by atoms with E-state index in [1.807, 2.05) is 12.1 Å². The molecule has 7 heteroatoms. The van der Waals surface area contributed by atoms with Crippen LogP contribution in [0.2, 0.25) is 0 Å². The van der Waals surface area contributed by atoms with E-state index in [0.717, 1.165) is 37.8 Å². The summed E-state index contributed by atoms with van der Waals surface area (Å²) in [6.07, 6.45) is 3.79. The fourth-order valence-corrected chi connectivity index (χ4v) is 6.33. The van der Waals surface area contributed by atoms with Gasteiger partial charge in [0.15, 0.2) is 11.6 Å². The van der Waals surface area contributed by atoms with Crippen molar-refractivity contribution in [1.29, 1.82) is 0 Å². The van der Waals surface area contributed by atoms with Crippen LogP contribution in [-0.4, -0.2) is 49.9 Å². The first kappa shape index (κ1) is 20.3. The second kappa shape index (κ2) is 8.05.